The molecule has 1 aliphatic heterocycles. The summed E-state index contributed by atoms with van der Waals surface area (Å²) in [6, 6.07) is 0.208. The van der Waals surface area contributed by atoms with Crippen LogP contribution in [0.15, 0.2) is 5.38 Å². The van der Waals surface area contributed by atoms with Crippen LogP contribution in [0.25, 0.3) is 0 Å². The van der Waals surface area contributed by atoms with Crippen LogP contribution < -0.4 is 11.1 Å². The Morgan fingerprint density at radius 3 is 2.94 bits per heavy atom. The number of nitrogens with two attached hydrogens (primary N) is 1. The highest BCUT2D eigenvalue weighted by molar-refractivity contribution is 7.10. The first-order valence-corrected chi connectivity index (χ1v) is 7.19. The maximum Gasteiger partial charge on any atom is 0.0436 e. The second kappa shape index (κ2) is 5.30. The molecule has 0 saturated heterocycles. The third-order valence-electron chi connectivity index (χ3n) is 3.67. The Balaban J connectivity index is 2.18. The smallest absolute Gasteiger partial charge is 0.0436 e. The van der Waals surface area contributed by atoms with Crippen molar-refractivity contribution in [3.05, 3.63) is 21.4 Å². The Hall–Kier alpha value is -0.380. The van der Waals surface area contributed by atoms with Gasteiger partial charge >= 0.3 is 0 Å². The number of nitrogens with one attached hydrogen (secondary N) is 1. The highest BCUT2D eigenvalue weighted by Crippen LogP contribution is 2.32. The molecule has 0 saturated carbocycles. The molecule has 0 aromatic carbocycles. The predicted molar refractivity (Wildman–Crippen MR) is 70.7 cm³/mol. The Bertz CT molecular complexity index is 342. The molecule has 0 aliphatic carbocycles. The summed E-state index contributed by atoms with van der Waals surface area (Å²) in [4.78, 5) is 1.46. The lowest BCUT2D eigenvalue weighted by atomic mass is 9.90. The topological polar surface area (TPSA) is 38.0 Å². The Labute approximate surface area is 102 Å². The van der Waals surface area contributed by atoms with Crippen LogP contribution in [0.4, 0.5) is 0 Å². The van der Waals surface area contributed by atoms with Crippen molar-refractivity contribution in [2.24, 2.45) is 11.7 Å². The van der Waals surface area contributed by atoms with Gasteiger partial charge in [0.05, 0.1) is 0 Å². The van der Waals surface area contributed by atoms with Gasteiger partial charge in [-0.15, -0.1) is 11.3 Å². The number of thiophene rings is 1. The van der Waals surface area contributed by atoms with Crippen molar-refractivity contribution in [1.29, 1.82) is 0 Å². The largest absolute Gasteiger partial charge is 0.323 e. The summed E-state index contributed by atoms with van der Waals surface area (Å²) in [5.74, 6) is 0.820. The van der Waals surface area contributed by atoms with Crippen molar-refractivity contribution in [2.75, 3.05) is 6.54 Å². The van der Waals surface area contributed by atoms with E-state index in [1.165, 1.54) is 35.3 Å². The van der Waals surface area contributed by atoms with Crippen LogP contribution in [-0.4, -0.2) is 6.54 Å². The maximum atomic E-state index is 6.19. The average molecular weight is 238 g/mol. The average Bonchev–Trinajstić information content (AvgIpc) is 2.70. The van der Waals surface area contributed by atoms with E-state index in [0.29, 0.717) is 0 Å². The molecule has 0 amide bonds. The van der Waals surface area contributed by atoms with Gasteiger partial charge < -0.3 is 11.1 Å². The van der Waals surface area contributed by atoms with Gasteiger partial charge in [-0.05, 0) is 28.8 Å². The summed E-state index contributed by atoms with van der Waals surface area (Å²) in [6.07, 6.45) is 3.76. The van der Waals surface area contributed by atoms with Gasteiger partial charge in [0.2, 0.25) is 0 Å². The second-order valence-electron chi connectivity index (χ2n) is 4.72. The van der Waals surface area contributed by atoms with Gasteiger partial charge in [-0.2, -0.15) is 0 Å². The number of hydrogen-bond acceptors (Lipinski definition) is 3. The Morgan fingerprint density at radius 1 is 1.50 bits per heavy atom. The molecule has 1 aromatic heterocycles. The van der Waals surface area contributed by atoms with Crippen LogP contribution in [0.3, 0.4) is 0 Å². The number of rotatable bonds is 4. The van der Waals surface area contributed by atoms with Crippen molar-refractivity contribution in [3.63, 3.8) is 0 Å². The van der Waals surface area contributed by atoms with Crippen molar-refractivity contribution >= 4 is 11.3 Å². The van der Waals surface area contributed by atoms with Crippen LogP contribution in [-0.2, 0) is 13.0 Å². The molecular formula is C13H22N2S. The summed E-state index contributed by atoms with van der Waals surface area (Å²) in [5.41, 5.74) is 9.17. The van der Waals surface area contributed by atoms with E-state index in [9.17, 15) is 0 Å². The van der Waals surface area contributed by atoms with E-state index in [1.54, 1.807) is 0 Å². The van der Waals surface area contributed by atoms with E-state index in [0.717, 1.165) is 19.0 Å². The van der Waals surface area contributed by atoms with E-state index in [2.05, 4.69) is 24.5 Å². The normalized spacial score (nSPS) is 20.1. The van der Waals surface area contributed by atoms with Gasteiger partial charge in [-0.3, -0.25) is 0 Å². The first kappa shape index (κ1) is 12.1. The minimum Gasteiger partial charge on any atom is -0.323 e. The molecule has 90 valence electrons. The number of fused-ring (bicyclic) bond motifs is 1. The van der Waals surface area contributed by atoms with Gasteiger partial charge in [0.1, 0.15) is 0 Å². The molecule has 0 spiro atoms. The lowest BCUT2D eigenvalue weighted by Gasteiger charge is -2.22. The zero-order valence-electron chi connectivity index (χ0n) is 10.3. The SMILES string of the molecule is CCC(CC)Cc1csc2c1C(N)CNC2. The standard InChI is InChI=1S/C13H22N2S/c1-3-9(4-2)5-10-8-16-12-7-15-6-11(14)13(10)12/h8-9,11,15H,3-7,14H2,1-2H3. The molecule has 0 bridgehead atoms. The molecule has 0 radical (unpaired) electrons. The van der Waals surface area contributed by atoms with Crippen molar-refractivity contribution in [2.45, 2.75) is 45.7 Å². The van der Waals surface area contributed by atoms with Crippen molar-refractivity contribution in [3.8, 4) is 0 Å². The summed E-state index contributed by atoms with van der Waals surface area (Å²) in [6.45, 7) is 6.51. The van der Waals surface area contributed by atoms with Gasteiger partial charge in [-0.25, -0.2) is 0 Å². The minimum atomic E-state index is 0.208. The monoisotopic (exact) mass is 238 g/mol. The fourth-order valence-electron chi connectivity index (χ4n) is 2.52. The van der Waals surface area contributed by atoms with Crippen molar-refractivity contribution < 1.29 is 0 Å². The molecule has 3 heteroatoms. The third-order valence-corrected chi connectivity index (χ3v) is 4.72. The first-order valence-electron chi connectivity index (χ1n) is 6.31. The molecule has 1 atom stereocenters. The Kier molecular flexibility index (Phi) is 4.00. The van der Waals surface area contributed by atoms with E-state index < -0.39 is 0 Å². The van der Waals surface area contributed by atoms with Gasteiger partial charge in [0.15, 0.2) is 0 Å². The highest BCUT2D eigenvalue weighted by Gasteiger charge is 2.22. The molecule has 1 aromatic rings. The zero-order valence-corrected chi connectivity index (χ0v) is 11.1. The predicted octanol–water partition coefficient (Wildman–Crippen LogP) is 2.83. The molecule has 2 nitrogen and oxygen atoms in total. The minimum absolute atomic E-state index is 0.208. The quantitative estimate of drug-likeness (QED) is 0.846. The number of hydrogen-bond donors (Lipinski definition) is 2. The zero-order chi connectivity index (χ0) is 11.5. The summed E-state index contributed by atoms with van der Waals surface area (Å²) < 4.78 is 0. The lowest BCUT2D eigenvalue weighted by Crippen LogP contribution is -2.32. The molecule has 2 rings (SSSR count). The van der Waals surface area contributed by atoms with E-state index in [-0.39, 0.29) is 6.04 Å². The third kappa shape index (κ3) is 2.31. The summed E-state index contributed by atoms with van der Waals surface area (Å²) in [7, 11) is 0. The van der Waals surface area contributed by atoms with E-state index in [1.807, 2.05) is 11.3 Å². The molecule has 1 unspecified atom stereocenters. The molecular weight excluding hydrogens is 216 g/mol. The van der Waals surface area contributed by atoms with Gasteiger partial charge in [0, 0.05) is 24.0 Å². The molecule has 3 N–H and O–H groups in total. The lowest BCUT2D eigenvalue weighted by molar-refractivity contribution is 0.483. The molecule has 16 heavy (non-hydrogen) atoms. The van der Waals surface area contributed by atoms with Crippen LogP contribution in [0, 0.1) is 5.92 Å². The van der Waals surface area contributed by atoms with Crippen LogP contribution in [0.2, 0.25) is 0 Å². The second-order valence-corrected chi connectivity index (χ2v) is 5.69. The molecule has 0 fully saturated rings. The summed E-state index contributed by atoms with van der Waals surface area (Å²) >= 11 is 1.88. The van der Waals surface area contributed by atoms with Gasteiger partial charge in [-0.1, -0.05) is 26.7 Å². The molecule has 2 heterocycles. The maximum absolute atomic E-state index is 6.19. The van der Waals surface area contributed by atoms with E-state index >= 15 is 0 Å². The Morgan fingerprint density at radius 2 is 2.25 bits per heavy atom. The van der Waals surface area contributed by atoms with Gasteiger partial charge in [0.25, 0.3) is 0 Å². The molecule has 1 aliphatic rings. The first-order chi connectivity index (χ1) is 7.76. The van der Waals surface area contributed by atoms with Crippen LogP contribution >= 0.6 is 11.3 Å². The van der Waals surface area contributed by atoms with Crippen LogP contribution in [0.5, 0.6) is 0 Å². The summed E-state index contributed by atoms with van der Waals surface area (Å²) in [5, 5.41) is 5.70. The fourth-order valence-corrected chi connectivity index (χ4v) is 3.62. The fraction of sp³-hybridized carbons (Fsp3) is 0.692. The van der Waals surface area contributed by atoms with Crippen LogP contribution in [0.1, 0.15) is 48.7 Å². The van der Waals surface area contributed by atoms with Crippen molar-refractivity contribution in [1.82, 2.24) is 5.32 Å². The van der Waals surface area contributed by atoms with E-state index in [4.69, 9.17) is 5.73 Å². The highest BCUT2D eigenvalue weighted by atomic mass is 32.1.